The third-order valence-corrected chi connectivity index (χ3v) is 3.65. The van der Waals surface area contributed by atoms with Crippen LogP contribution in [0.4, 0.5) is 23.1 Å². The topological polar surface area (TPSA) is 49.8 Å². The molecule has 4 heteroatoms. The molecule has 0 unspecified atom stereocenters. The van der Waals surface area contributed by atoms with Gasteiger partial charge in [-0.05, 0) is 44.0 Å². The summed E-state index contributed by atoms with van der Waals surface area (Å²) in [7, 11) is 0. The van der Waals surface area contributed by atoms with Gasteiger partial charge in [-0.15, -0.1) is 0 Å². The Morgan fingerprint density at radius 1 is 0.696 bits per heavy atom. The summed E-state index contributed by atoms with van der Waals surface area (Å²) in [6.07, 6.45) is 0. The molecule has 0 amide bonds. The predicted molar refractivity (Wildman–Crippen MR) is 95.7 cm³/mol. The van der Waals surface area contributed by atoms with Gasteiger partial charge in [0, 0.05) is 23.1 Å². The summed E-state index contributed by atoms with van der Waals surface area (Å²) >= 11 is 0. The van der Waals surface area contributed by atoms with E-state index < -0.39 is 0 Å². The van der Waals surface area contributed by atoms with Crippen molar-refractivity contribution in [1.82, 2.24) is 9.97 Å². The van der Waals surface area contributed by atoms with Gasteiger partial charge in [0.15, 0.2) is 0 Å². The lowest BCUT2D eigenvalue weighted by atomic mass is 10.2. The molecule has 2 N–H and O–H groups in total. The number of aromatic nitrogens is 2. The van der Waals surface area contributed by atoms with Crippen molar-refractivity contribution in [2.45, 2.75) is 20.8 Å². The van der Waals surface area contributed by atoms with Gasteiger partial charge in [0.25, 0.3) is 0 Å². The lowest BCUT2D eigenvalue weighted by Gasteiger charge is -2.12. The molecule has 1 heterocycles. The molecule has 0 fully saturated rings. The summed E-state index contributed by atoms with van der Waals surface area (Å²) in [6, 6.07) is 18.2. The van der Waals surface area contributed by atoms with E-state index >= 15 is 0 Å². The molecule has 0 spiro atoms. The summed E-state index contributed by atoms with van der Waals surface area (Å²) in [5.41, 5.74) is 5.31. The van der Waals surface area contributed by atoms with Crippen LogP contribution in [0.1, 0.15) is 16.8 Å². The highest BCUT2D eigenvalue weighted by atomic mass is 15.1. The van der Waals surface area contributed by atoms with Crippen LogP contribution in [-0.2, 0) is 0 Å². The normalized spacial score (nSPS) is 10.4. The number of nitrogens with one attached hydrogen (secondary N) is 2. The minimum atomic E-state index is 0.593. The monoisotopic (exact) mass is 304 g/mol. The van der Waals surface area contributed by atoms with Crippen LogP contribution in [0.3, 0.4) is 0 Å². The van der Waals surface area contributed by atoms with Crippen LogP contribution < -0.4 is 10.6 Å². The molecule has 0 radical (unpaired) electrons. The molecule has 0 saturated carbocycles. The Hall–Kier alpha value is -2.88. The second kappa shape index (κ2) is 6.48. The van der Waals surface area contributed by atoms with Crippen LogP contribution in [0.25, 0.3) is 0 Å². The van der Waals surface area contributed by atoms with E-state index in [4.69, 9.17) is 0 Å². The summed E-state index contributed by atoms with van der Waals surface area (Å²) in [5.74, 6) is 1.37. The van der Waals surface area contributed by atoms with Gasteiger partial charge in [0.05, 0.1) is 0 Å². The van der Waals surface area contributed by atoms with Crippen molar-refractivity contribution in [3.8, 4) is 0 Å². The lowest BCUT2D eigenvalue weighted by molar-refractivity contribution is 1.10. The largest absolute Gasteiger partial charge is 0.340 e. The second-order valence-electron chi connectivity index (χ2n) is 5.60. The molecule has 0 aliphatic rings. The first-order chi connectivity index (χ1) is 11.1. The van der Waals surface area contributed by atoms with Crippen LogP contribution in [0, 0.1) is 20.8 Å². The molecule has 116 valence electrons. The summed E-state index contributed by atoms with van der Waals surface area (Å²) in [5, 5.41) is 6.65. The van der Waals surface area contributed by atoms with Crippen LogP contribution in [0.5, 0.6) is 0 Å². The van der Waals surface area contributed by atoms with Gasteiger partial charge in [0.2, 0.25) is 5.95 Å². The lowest BCUT2D eigenvalue weighted by Crippen LogP contribution is -2.03. The van der Waals surface area contributed by atoms with Gasteiger partial charge in [-0.2, -0.15) is 4.98 Å². The zero-order valence-corrected chi connectivity index (χ0v) is 13.6. The Balaban J connectivity index is 1.88. The predicted octanol–water partition coefficient (Wildman–Crippen LogP) is 4.89. The van der Waals surface area contributed by atoms with Gasteiger partial charge in [-0.1, -0.05) is 36.4 Å². The summed E-state index contributed by atoms with van der Waals surface area (Å²) in [6.45, 7) is 6.10. The van der Waals surface area contributed by atoms with E-state index in [1.165, 1.54) is 5.56 Å². The highest BCUT2D eigenvalue weighted by Gasteiger charge is 2.05. The first-order valence-electron chi connectivity index (χ1n) is 7.63. The number of benzene rings is 2. The number of hydrogen-bond donors (Lipinski definition) is 2. The highest BCUT2D eigenvalue weighted by molar-refractivity contribution is 5.63. The number of para-hydroxylation sites is 2. The molecule has 3 aromatic rings. The standard InChI is InChI=1S/C19H20N4/c1-13-8-4-6-10-16(13)21-18-12-15(3)20-19(23-18)22-17-11-7-5-9-14(17)2/h4-12H,1-3H3,(H2,20,21,22,23). The van der Waals surface area contributed by atoms with Gasteiger partial charge in [-0.3, -0.25) is 0 Å². The van der Waals surface area contributed by atoms with Crippen LogP contribution >= 0.6 is 0 Å². The van der Waals surface area contributed by atoms with Gasteiger partial charge in [-0.25, -0.2) is 4.98 Å². The SMILES string of the molecule is Cc1cc(Nc2ccccc2C)nc(Nc2ccccc2C)n1. The van der Waals surface area contributed by atoms with Gasteiger partial charge >= 0.3 is 0 Å². The van der Waals surface area contributed by atoms with Crippen LogP contribution in [0.2, 0.25) is 0 Å². The number of rotatable bonds is 4. The zero-order chi connectivity index (χ0) is 16.2. The third kappa shape index (κ3) is 3.66. The fourth-order valence-electron chi connectivity index (χ4n) is 2.37. The zero-order valence-electron chi connectivity index (χ0n) is 13.6. The number of aryl methyl sites for hydroxylation is 3. The average Bonchev–Trinajstić information content (AvgIpc) is 2.51. The fourth-order valence-corrected chi connectivity index (χ4v) is 2.37. The minimum absolute atomic E-state index is 0.593. The Morgan fingerprint density at radius 2 is 1.26 bits per heavy atom. The van der Waals surface area contributed by atoms with Crippen molar-refractivity contribution in [3.05, 3.63) is 71.4 Å². The molecule has 0 aliphatic carbocycles. The van der Waals surface area contributed by atoms with Crippen molar-refractivity contribution in [1.29, 1.82) is 0 Å². The van der Waals surface area contributed by atoms with E-state index in [0.717, 1.165) is 28.5 Å². The second-order valence-corrected chi connectivity index (χ2v) is 5.60. The van der Waals surface area contributed by atoms with Crippen molar-refractivity contribution >= 4 is 23.1 Å². The van der Waals surface area contributed by atoms with E-state index in [2.05, 4.69) is 46.6 Å². The molecular weight excluding hydrogens is 284 g/mol. The molecule has 2 aromatic carbocycles. The quantitative estimate of drug-likeness (QED) is 0.720. The highest BCUT2D eigenvalue weighted by Crippen LogP contribution is 2.22. The molecule has 23 heavy (non-hydrogen) atoms. The Kier molecular flexibility index (Phi) is 4.24. The summed E-state index contributed by atoms with van der Waals surface area (Å²) < 4.78 is 0. The molecule has 0 aliphatic heterocycles. The van der Waals surface area contributed by atoms with Crippen LogP contribution in [-0.4, -0.2) is 9.97 Å². The van der Waals surface area contributed by atoms with Crippen molar-refractivity contribution in [3.63, 3.8) is 0 Å². The molecule has 0 saturated heterocycles. The molecular formula is C19H20N4. The molecule has 4 nitrogen and oxygen atoms in total. The fraction of sp³-hybridized carbons (Fsp3) is 0.158. The minimum Gasteiger partial charge on any atom is -0.340 e. The molecule has 1 aromatic heterocycles. The van der Waals surface area contributed by atoms with Crippen LogP contribution in [0.15, 0.2) is 54.6 Å². The number of nitrogens with zero attached hydrogens (tertiary/aromatic N) is 2. The number of anilines is 4. The van der Waals surface area contributed by atoms with Gasteiger partial charge < -0.3 is 10.6 Å². The number of hydrogen-bond acceptors (Lipinski definition) is 4. The maximum atomic E-state index is 4.57. The van der Waals surface area contributed by atoms with E-state index in [1.54, 1.807) is 0 Å². The molecule has 0 bridgehead atoms. The van der Waals surface area contributed by atoms with Crippen molar-refractivity contribution < 1.29 is 0 Å². The van der Waals surface area contributed by atoms with Crippen molar-refractivity contribution in [2.24, 2.45) is 0 Å². The van der Waals surface area contributed by atoms with Crippen molar-refractivity contribution in [2.75, 3.05) is 10.6 Å². The first-order valence-corrected chi connectivity index (χ1v) is 7.63. The van der Waals surface area contributed by atoms with E-state index in [-0.39, 0.29) is 0 Å². The van der Waals surface area contributed by atoms with E-state index in [0.29, 0.717) is 5.95 Å². The maximum Gasteiger partial charge on any atom is 0.229 e. The van der Waals surface area contributed by atoms with E-state index in [1.807, 2.05) is 49.4 Å². The Bertz CT molecular complexity index is 761. The van der Waals surface area contributed by atoms with Gasteiger partial charge in [0.1, 0.15) is 5.82 Å². The smallest absolute Gasteiger partial charge is 0.229 e. The Labute approximate surface area is 136 Å². The third-order valence-electron chi connectivity index (χ3n) is 3.65. The van der Waals surface area contributed by atoms with E-state index in [9.17, 15) is 0 Å². The average molecular weight is 304 g/mol. The molecule has 3 rings (SSSR count). The molecule has 0 atom stereocenters. The Morgan fingerprint density at radius 3 is 1.87 bits per heavy atom. The first kappa shape index (κ1) is 15.0. The maximum absolute atomic E-state index is 4.57. The summed E-state index contributed by atoms with van der Waals surface area (Å²) in [4.78, 5) is 9.05.